The van der Waals surface area contributed by atoms with E-state index < -0.39 is 5.60 Å². The molecule has 0 unspecified atom stereocenters. The Bertz CT molecular complexity index is 348. The van der Waals surface area contributed by atoms with Crippen LogP contribution < -0.4 is 0 Å². The van der Waals surface area contributed by atoms with Crippen LogP contribution in [0.5, 0.6) is 0 Å². The standard InChI is InChI=1S/C13H18O2/c1-13(2,15)10-6-9-7-3-4-8(5-7)11(9)12(10)14/h6-9,11,15H,3-5H2,1-2H3/t7-,8+,9+,11-/m1/s1. The van der Waals surface area contributed by atoms with E-state index in [0.29, 0.717) is 17.4 Å². The molecule has 0 aromatic carbocycles. The number of allylic oxidation sites excluding steroid dienone is 1. The first kappa shape index (κ1) is 9.59. The number of Topliss-reactive ketones (excluding diaryl/α,β-unsaturated/α-hetero) is 1. The molecule has 0 aliphatic heterocycles. The number of rotatable bonds is 1. The van der Waals surface area contributed by atoms with Crippen molar-refractivity contribution in [2.24, 2.45) is 23.7 Å². The topological polar surface area (TPSA) is 37.3 Å². The average Bonchev–Trinajstić information content (AvgIpc) is 2.73. The van der Waals surface area contributed by atoms with Crippen LogP contribution in [0.4, 0.5) is 0 Å². The summed E-state index contributed by atoms with van der Waals surface area (Å²) in [5.41, 5.74) is -0.268. The average molecular weight is 206 g/mol. The molecule has 0 aromatic rings. The highest BCUT2D eigenvalue weighted by Crippen LogP contribution is 2.57. The van der Waals surface area contributed by atoms with Gasteiger partial charge in [0.15, 0.2) is 5.78 Å². The second-order valence-electron chi connectivity index (χ2n) is 5.94. The van der Waals surface area contributed by atoms with Gasteiger partial charge in [0.2, 0.25) is 0 Å². The van der Waals surface area contributed by atoms with Crippen LogP contribution in [-0.2, 0) is 4.79 Å². The van der Waals surface area contributed by atoms with Gasteiger partial charge in [-0.25, -0.2) is 0 Å². The minimum absolute atomic E-state index is 0.227. The predicted molar refractivity (Wildman–Crippen MR) is 57.2 cm³/mol. The van der Waals surface area contributed by atoms with E-state index in [2.05, 4.69) is 6.08 Å². The SMILES string of the molecule is CC(C)(O)C1=C[C@H]2[C@@H]3CC[C@@H](C3)[C@H]2C1=O. The Morgan fingerprint density at radius 3 is 2.60 bits per heavy atom. The molecule has 3 aliphatic rings. The van der Waals surface area contributed by atoms with Crippen LogP contribution in [0.2, 0.25) is 0 Å². The van der Waals surface area contributed by atoms with Crippen LogP contribution >= 0.6 is 0 Å². The molecule has 15 heavy (non-hydrogen) atoms. The van der Waals surface area contributed by atoms with Crippen molar-refractivity contribution < 1.29 is 9.90 Å². The van der Waals surface area contributed by atoms with E-state index in [9.17, 15) is 9.90 Å². The van der Waals surface area contributed by atoms with E-state index in [0.717, 1.165) is 5.92 Å². The molecule has 0 saturated heterocycles. The van der Waals surface area contributed by atoms with E-state index >= 15 is 0 Å². The number of hydrogen-bond donors (Lipinski definition) is 1. The summed E-state index contributed by atoms with van der Waals surface area (Å²) in [5.74, 6) is 2.26. The summed E-state index contributed by atoms with van der Waals surface area (Å²) in [5, 5.41) is 9.95. The van der Waals surface area contributed by atoms with E-state index in [1.807, 2.05) is 0 Å². The maximum absolute atomic E-state index is 12.2. The highest BCUT2D eigenvalue weighted by molar-refractivity contribution is 6.02. The summed E-state index contributed by atoms with van der Waals surface area (Å²) in [7, 11) is 0. The molecule has 1 N–H and O–H groups in total. The zero-order valence-corrected chi connectivity index (χ0v) is 9.36. The molecule has 0 spiro atoms. The first-order valence-corrected chi connectivity index (χ1v) is 5.97. The van der Waals surface area contributed by atoms with Crippen molar-refractivity contribution in [2.75, 3.05) is 0 Å². The van der Waals surface area contributed by atoms with Gasteiger partial charge < -0.3 is 5.11 Å². The first-order chi connectivity index (χ1) is 6.98. The molecule has 2 saturated carbocycles. The Kier molecular flexibility index (Phi) is 1.75. The van der Waals surface area contributed by atoms with E-state index in [1.165, 1.54) is 19.3 Å². The lowest BCUT2D eigenvalue weighted by molar-refractivity contribution is -0.122. The lowest BCUT2D eigenvalue weighted by atomic mass is 9.80. The van der Waals surface area contributed by atoms with Gasteiger partial charge in [-0.15, -0.1) is 0 Å². The Labute approximate surface area is 90.4 Å². The highest BCUT2D eigenvalue weighted by Gasteiger charge is 2.54. The molecule has 4 atom stereocenters. The second kappa shape index (κ2) is 2.73. The van der Waals surface area contributed by atoms with E-state index in [1.54, 1.807) is 13.8 Å². The zero-order valence-electron chi connectivity index (χ0n) is 9.36. The predicted octanol–water partition coefficient (Wildman–Crippen LogP) is 1.93. The summed E-state index contributed by atoms with van der Waals surface area (Å²) < 4.78 is 0. The van der Waals surface area contributed by atoms with Crippen molar-refractivity contribution in [3.63, 3.8) is 0 Å². The molecular weight excluding hydrogens is 188 g/mol. The minimum Gasteiger partial charge on any atom is -0.386 e. The van der Waals surface area contributed by atoms with Gasteiger partial charge in [0.1, 0.15) is 0 Å². The number of aliphatic hydroxyl groups is 1. The Balaban J connectivity index is 1.97. The fraction of sp³-hybridized carbons (Fsp3) is 0.769. The number of hydrogen-bond acceptors (Lipinski definition) is 2. The molecule has 2 nitrogen and oxygen atoms in total. The van der Waals surface area contributed by atoms with Gasteiger partial charge in [-0.1, -0.05) is 6.08 Å². The van der Waals surface area contributed by atoms with Crippen LogP contribution in [0.25, 0.3) is 0 Å². The quantitative estimate of drug-likeness (QED) is 0.711. The molecule has 0 amide bonds. The van der Waals surface area contributed by atoms with Gasteiger partial charge >= 0.3 is 0 Å². The van der Waals surface area contributed by atoms with Gasteiger partial charge in [-0.05, 0) is 50.9 Å². The Morgan fingerprint density at radius 2 is 2.00 bits per heavy atom. The molecule has 2 fully saturated rings. The van der Waals surface area contributed by atoms with Gasteiger partial charge in [0.05, 0.1) is 5.60 Å². The molecule has 0 heterocycles. The summed E-state index contributed by atoms with van der Waals surface area (Å²) >= 11 is 0. The normalized spacial score (nSPS) is 43.4. The third-order valence-corrected chi connectivity index (χ3v) is 4.57. The summed E-state index contributed by atoms with van der Waals surface area (Å²) in [6.07, 6.45) is 5.84. The lowest BCUT2D eigenvalue weighted by Gasteiger charge is -2.23. The fourth-order valence-electron chi connectivity index (χ4n) is 3.92. The maximum Gasteiger partial charge on any atom is 0.165 e. The number of fused-ring (bicyclic) bond motifs is 5. The third kappa shape index (κ3) is 1.17. The fourth-order valence-corrected chi connectivity index (χ4v) is 3.92. The Hall–Kier alpha value is -0.630. The molecule has 0 aromatic heterocycles. The summed E-state index contributed by atoms with van der Waals surface area (Å²) in [4.78, 5) is 12.2. The summed E-state index contributed by atoms with van der Waals surface area (Å²) in [6, 6.07) is 0. The van der Waals surface area contributed by atoms with Gasteiger partial charge in [-0.3, -0.25) is 4.79 Å². The van der Waals surface area contributed by atoms with Gasteiger partial charge in [-0.2, -0.15) is 0 Å². The number of carbonyl (C=O) groups excluding carboxylic acids is 1. The monoisotopic (exact) mass is 206 g/mol. The highest BCUT2D eigenvalue weighted by atomic mass is 16.3. The van der Waals surface area contributed by atoms with Crippen LogP contribution in [0, 0.1) is 23.7 Å². The van der Waals surface area contributed by atoms with E-state index in [-0.39, 0.29) is 11.7 Å². The molecule has 3 rings (SSSR count). The minimum atomic E-state index is -0.944. The maximum atomic E-state index is 12.2. The van der Waals surface area contributed by atoms with Crippen LogP contribution in [0.3, 0.4) is 0 Å². The molecule has 3 aliphatic carbocycles. The molecule has 2 bridgehead atoms. The third-order valence-electron chi connectivity index (χ3n) is 4.57. The van der Waals surface area contributed by atoms with Gasteiger partial charge in [0, 0.05) is 11.5 Å². The van der Waals surface area contributed by atoms with Crippen molar-refractivity contribution in [1.82, 2.24) is 0 Å². The molecular formula is C13H18O2. The van der Waals surface area contributed by atoms with Crippen LogP contribution in [-0.4, -0.2) is 16.5 Å². The Morgan fingerprint density at radius 1 is 1.33 bits per heavy atom. The largest absolute Gasteiger partial charge is 0.386 e. The molecule has 82 valence electrons. The van der Waals surface area contributed by atoms with Crippen molar-refractivity contribution >= 4 is 5.78 Å². The smallest absolute Gasteiger partial charge is 0.165 e. The van der Waals surface area contributed by atoms with Crippen molar-refractivity contribution in [3.05, 3.63) is 11.6 Å². The molecule has 2 heteroatoms. The van der Waals surface area contributed by atoms with Crippen molar-refractivity contribution in [3.8, 4) is 0 Å². The summed E-state index contributed by atoms with van der Waals surface area (Å²) in [6.45, 7) is 3.44. The van der Waals surface area contributed by atoms with Gasteiger partial charge in [0.25, 0.3) is 0 Å². The second-order valence-corrected chi connectivity index (χ2v) is 5.94. The van der Waals surface area contributed by atoms with Crippen LogP contribution in [0.15, 0.2) is 11.6 Å². The van der Waals surface area contributed by atoms with Crippen molar-refractivity contribution in [2.45, 2.75) is 38.7 Å². The number of carbonyl (C=O) groups is 1. The van der Waals surface area contributed by atoms with Crippen molar-refractivity contribution in [1.29, 1.82) is 0 Å². The number of ketones is 1. The van der Waals surface area contributed by atoms with Crippen LogP contribution in [0.1, 0.15) is 33.1 Å². The lowest BCUT2D eigenvalue weighted by Crippen LogP contribution is -2.30. The van der Waals surface area contributed by atoms with E-state index in [4.69, 9.17) is 0 Å². The molecule has 0 radical (unpaired) electrons. The zero-order chi connectivity index (χ0) is 10.8. The first-order valence-electron chi connectivity index (χ1n) is 5.97.